The Balaban J connectivity index is 1.98. The maximum Gasteiger partial charge on any atom is 0.321 e. The van der Waals surface area contributed by atoms with Gasteiger partial charge in [0.15, 0.2) is 0 Å². The van der Waals surface area contributed by atoms with Gasteiger partial charge in [0.05, 0.1) is 11.4 Å². The van der Waals surface area contributed by atoms with Gasteiger partial charge in [0.1, 0.15) is 5.15 Å². The molecular formula is C13H19ClN4O. The highest BCUT2D eigenvalue weighted by molar-refractivity contribution is 6.29. The number of hydrogen-bond donors (Lipinski definition) is 1. The van der Waals surface area contributed by atoms with Crippen molar-refractivity contribution in [1.29, 1.82) is 0 Å². The highest BCUT2D eigenvalue weighted by Crippen LogP contribution is 2.18. The van der Waals surface area contributed by atoms with Gasteiger partial charge in [-0.25, -0.2) is 9.78 Å². The smallest absolute Gasteiger partial charge is 0.321 e. The number of nitrogens with zero attached hydrogens (tertiary/aromatic N) is 3. The topological polar surface area (TPSA) is 48.5 Å². The Labute approximate surface area is 118 Å². The lowest BCUT2D eigenvalue weighted by atomic mass is 10.2. The van der Waals surface area contributed by atoms with Crippen molar-refractivity contribution in [3.63, 3.8) is 0 Å². The molecular weight excluding hydrogens is 264 g/mol. The number of rotatable bonds is 2. The molecule has 2 heterocycles. The monoisotopic (exact) mass is 282 g/mol. The van der Waals surface area contributed by atoms with Gasteiger partial charge in [-0.2, -0.15) is 0 Å². The van der Waals surface area contributed by atoms with E-state index >= 15 is 0 Å². The van der Waals surface area contributed by atoms with Gasteiger partial charge in [0.2, 0.25) is 0 Å². The molecule has 1 N–H and O–H groups in total. The third-order valence-electron chi connectivity index (χ3n) is 3.47. The van der Waals surface area contributed by atoms with Crippen LogP contribution in [0.5, 0.6) is 0 Å². The SMILES string of the molecule is Cc1nc(Cl)ccc1NC(=O)N1CC[C@@H](N(C)C)C1. The van der Waals surface area contributed by atoms with E-state index in [0.29, 0.717) is 16.9 Å². The zero-order chi connectivity index (χ0) is 14.0. The van der Waals surface area contributed by atoms with Crippen molar-refractivity contribution in [2.24, 2.45) is 0 Å². The molecule has 2 amide bonds. The Morgan fingerprint density at radius 2 is 2.26 bits per heavy atom. The molecule has 0 radical (unpaired) electrons. The van der Waals surface area contributed by atoms with Crippen LogP contribution in [-0.2, 0) is 0 Å². The number of urea groups is 1. The van der Waals surface area contributed by atoms with Crippen molar-refractivity contribution in [2.75, 3.05) is 32.5 Å². The normalized spacial score (nSPS) is 19.0. The largest absolute Gasteiger partial charge is 0.323 e. The minimum atomic E-state index is -0.0726. The number of aryl methyl sites for hydroxylation is 1. The van der Waals surface area contributed by atoms with E-state index in [0.717, 1.165) is 25.2 Å². The first-order valence-electron chi connectivity index (χ1n) is 6.33. The van der Waals surface area contributed by atoms with E-state index in [2.05, 4.69) is 15.2 Å². The van der Waals surface area contributed by atoms with Crippen molar-refractivity contribution in [2.45, 2.75) is 19.4 Å². The number of likely N-dealkylation sites (N-methyl/N-ethyl adjacent to an activating group) is 1. The average molecular weight is 283 g/mol. The number of aromatic nitrogens is 1. The van der Waals surface area contributed by atoms with Crippen molar-refractivity contribution in [1.82, 2.24) is 14.8 Å². The Hall–Kier alpha value is -1.33. The van der Waals surface area contributed by atoms with E-state index in [1.165, 1.54) is 0 Å². The fourth-order valence-electron chi connectivity index (χ4n) is 2.20. The highest BCUT2D eigenvalue weighted by atomic mass is 35.5. The lowest BCUT2D eigenvalue weighted by Crippen LogP contribution is -2.37. The fourth-order valence-corrected chi connectivity index (χ4v) is 2.39. The lowest BCUT2D eigenvalue weighted by molar-refractivity contribution is 0.216. The van der Waals surface area contributed by atoms with Gasteiger partial charge in [0.25, 0.3) is 0 Å². The molecule has 1 saturated heterocycles. The third-order valence-corrected chi connectivity index (χ3v) is 3.68. The van der Waals surface area contributed by atoms with E-state index in [1.54, 1.807) is 12.1 Å². The first-order chi connectivity index (χ1) is 8.97. The van der Waals surface area contributed by atoms with Crippen LogP contribution in [0.2, 0.25) is 5.15 Å². The van der Waals surface area contributed by atoms with Gasteiger partial charge in [-0.1, -0.05) is 11.6 Å². The van der Waals surface area contributed by atoms with E-state index in [9.17, 15) is 4.79 Å². The molecule has 1 aliphatic heterocycles. The summed E-state index contributed by atoms with van der Waals surface area (Å²) in [6.45, 7) is 3.38. The summed E-state index contributed by atoms with van der Waals surface area (Å²) < 4.78 is 0. The summed E-state index contributed by atoms with van der Waals surface area (Å²) in [6, 6.07) is 3.82. The number of hydrogen-bond acceptors (Lipinski definition) is 3. The van der Waals surface area contributed by atoms with E-state index in [-0.39, 0.29) is 6.03 Å². The minimum Gasteiger partial charge on any atom is -0.323 e. The number of anilines is 1. The van der Waals surface area contributed by atoms with Gasteiger partial charge in [-0.3, -0.25) is 0 Å². The first kappa shape index (κ1) is 14.1. The van der Waals surface area contributed by atoms with Crippen LogP contribution in [0.15, 0.2) is 12.1 Å². The molecule has 1 aromatic heterocycles. The maximum atomic E-state index is 12.2. The Kier molecular flexibility index (Phi) is 4.27. The summed E-state index contributed by atoms with van der Waals surface area (Å²) in [7, 11) is 4.08. The van der Waals surface area contributed by atoms with Crippen LogP contribution in [0.3, 0.4) is 0 Å². The van der Waals surface area contributed by atoms with Gasteiger partial charge in [-0.15, -0.1) is 0 Å². The summed E-state index contributed by atoms with van der Waals surface area (Å²) in [6.07, 6.45) is 1.01. The molecule has 0 bridgehead atoms. The number of carbonyl (C=O) groups excluding carboxylic acids is 1. The van der Waals surface area contributed by atoms with Crippen LogP contribution in [0, 0.1) is 6.92 Å². The van der Waals surface area contributed by atoms with Crippen molar-refractivity contribution in [3.8, 4) is 0 Å². The van der Waals surface area contributed by atoms with Gasteiger partial charge in [-0.05, 0) is 39.6 Å². The Morgan fingerprint density at radius 1 is 1.53 bits per heavy atom. The van der Waals surface area contributed by atoms with Crippen LogP contribution in [-0.4, -0.2) is 54.0 Å². The highest BCUT2D eigenvalue weighted by Gasteiger charge is 2.27. The fraction of sp³-hybridized carbons (Fsp3) is 0.538. The molecule has 0 aromatic carbocycles. The summed E-state index contributed by atoms with van der Waals surface area (Å²) in [5.41, 5.74) is 1.44. The van der Waals surface area contributed by atoms with Crippen LogP contribution in [0.25, 0.3) is 0 Å². The molecule has 1 atom stereocenters. The molecule has 1 aromatic rings. The van der Waals surface area contributed by atoms with Crippen LogP contribution >= 0.6 is 11.6 Å². The molecule has 6 heteroatoms. The molecule has 0 spiro atoms. The van der Waals surface area contributed by atoms with Crippen LogP contribution in [0.4, 0.5) is 10.5 Å². The van der Waals surface area contributed by atoms with E-state index in [4.69, 9.17) is 11.6 Å². The zero-order valence-corrected chi connectivity index (χ0v) is 12.2. The second-order valence-electron chi connectivity index (χ2n) is 5.05. The molecule has 0 unspecified atom stereocenters. The third kappa shape index (κ3) is 3.36. The molecule has 0 saturated carbocycles. The standard InChI is InChI=1S/C13H19ClN4O/c1-9-11(4-5-12(14)15-9)16-13(19)18-7-6-10(8-18)17(2)3/h4-5,10H,6-8H2,1-3H3,(H,16,19)/t10-/m1/s1. The summed E-state index contributed by atoms with van der Waals surface area (Å²) in [4.78, 5) is 20.3. The number of likely N-dealkylation sites (tertiary alicyclic amines) is 1. The zero-order valence-electron chi connectivity index (χ0n) is 11.5. The average Bonchev–Trinajstić information content (AvgIpc) is 2.82. The van der Waals surface area contributed by atoms with Crippen molar-refractivity contribution in [3.05, 3.63) is 23.0 Å². The predicted octanol–water partition coefficient (Wildman–Crippen LogP) is 2.21. The molecule has 5 nitrogen and oxygen atoms in total. The quantitative estimate of drug-likeness (QED) is 0.846. The number of pyridine rings is 1. The Bertz CT molecular complexity index is 478. The molecule has 2 rings (SSSR count). The van der Waals surface area contributed by atoms with Crippen LogP contribution in [0.1, 0.15) is 12.1 Å². The van der Waals surface area contributed by atoms with Gasteiger partial charge >= 0.3 is 6.03 Å². The molecule has 19 heavy (non-hydrogen) atoms. The van der Waals surface area contributed by atoms with Gasteiger partial charge in [0, 0.05) is 19.1 Å². The van der Waals surface area contributed by atoms with Crippen LogP contribution < -0.4 is 5.32 Å². The molecule has 0 aliphatic carbocycles. The summed E-state index contributed by atoms with van der Waals surface area (Å²) in [5, 5.41) is 3.32. The molecule has 1 fully saturated rings. The number of amides is 2. The van der Waals surface area contributed by atoms with E-state index in [1.807, 2.05) is 25.9 Å². The van der Waals surface area contributed by atoms with Crippen molar-refractivity contribution < 1.29 is 4.79 Å². The Morgan fingerprint density at radius 3 is 2.84 bits per heavy atom. The molecule has 104 valence electrons. The second kappa shape index (κ2) is 5.75. The number of halogens is 1. The lowest BCUT2D eigenvalue weighted by Gasteiger charge is -2.21. The first-order valence-corrected chi connectivity index (χ1v) is 6.70. The van der Waals surface area contributed by atoms with Crippen molar-refractivity contribution >= 4 is 23.3 Å². The molecule has 1 aliphatic rings. The minimum absolute atomic E-state index is 0.0726. The second-order valence-corrected chi connectivity index (χ2v) is 5.44. The van der Waals surface area contributed by atoms with Gasteiger partial charge < -0.3 is 15.1 Å². The number of carbonyl (C=O) groups is 1. The van der Waals surface area contributed by atoms with E-state index < -0.39 is 0 Å². The number of nitrogens with one attached hydrogen (secondary N) is 1. The summed E-state index contributed by atoms with van der Waals surface area (Å²) in [5.74, 6) is 0. The maximum absolute atomic E-state index is 12.2. The summed E-state index contributed by atoms with van der Waals surface area (Å²) >= 11 is 5.79. The predicted molar refractivity (Wildman–Crippen MR) is 76.7 cm³/mol.